The first-order valence-corrected chi connectivity index (χ1v) is 6.41. The Balaban J connectivity index is 2.79. The van der Waals surface area contributed by atoms with E-state index < -0.39 is 0 Å². The lowest BCUT2D eigenvalue weighted by Crippen LogP contribution is -2.06. The second kappa shape index (κ2) is 7.17. The molecule has 0 spiro atoms. The first-order chi connectivity index (χ1) is 8.60. The molecule has 0 N–H and O–H groups in total. The second-order valence-corrected chi connectivity index (χ2v) is 4.47. The molecule has 1 aromatic rings. The third kappa shape index (κ3) is 3.84. The van der Waals surface area contributed by atoms with Crippen molar-refractivity contribution in [3.63, 3.8) is 0 Å². The maximum atomic E-state index is 11.9. The molecule has 0 aliphatic carbocycles. The number of aryl methyl sites for hydroxylation is 1. The van der Waals surface area contributed by atoms with E-state index in [0.717, 1.165) is 18.4 Å². The van der Waals surface area contributed by atoms with Crippen LogP contribution in [0.3, 0.4) is 0 Å². The quantitative estimate of drug-likeness (QED) is 0.344. The third-order valence-electron chi connectivity index (χ3n) is 2.74. The van der Waals surface area contributed by atoms with Gasteiger partial charge >= 0.3 is 5.97 Å². The van der Waals surface area contributed by atoms with Crippen LogP contribution >= 0.6 is 11.6 Å². The zero-order valence-corrected chi connectivity index (χ0v) is 11.4. The Bertz CT molecular complexity index is 441. The number of halogens is 1. The minimum atomic E-state index is -0.390. The van der Waals surface area contributed by atoms with Gasteiger partial charge in [0.1, 0.15) is 0 Å². The van der Waals surface area contributed by atoms with E-state index in [1.165, 1.54) is 7.11 Å². The smallest absolute Gasteiger partial charge is 0.337 e. The number of unbranched alkanes of at least 4 members (excludes halogenated alkanes) is 1. The third-order valence-corrected chi connectivity index (χ3v) is 3.00. The minimum absolute atomic E-state index is 0.0917. The molecule has 0 amide bonds. The topological polar surface area (TPSA) is 43.4 Å². The highest BCUT2D eigenvalue weighted by atomic mass is 35.5. The molecule has 1 rings (SSSR count). The summed E-state index contributed by atoms with van der Waals surface area (Å²) in [6, 6.07) is 4.98. The molecule has 0 radical (unpaired) electrons. The van der Waals surface area contributed by atoms with Crippen LogP contribution < -0.4 is 0 Å². The van der Waals surface area contributed by atoms with E-state index in [-0.39, 0.29) is 11.8 Å². The average Bonchev–Trinajstić information content (AvgIpc) is 2.37. The summed E-state index contributed by atoms with van der Waals surface area (Å²) in [6.45, 7) is 1.82. The fraction of sp³-hybridized carbons (Fsp3) is 0.429. The summed E-state index contributed by atoms with van der Waals surface area (Å²) in [5.74, 6) is 0.279. The van der Waals surface area contributed by atoms with Crippen molar-refractivity contribution in [2.45, 2.75) is 26.2 Å². The standard InChI is InChI=1S/C14H17ClO3/c1-10-9-11(14(17)18-2)6-7-12(10)13(16)5-3-4-8-15/h6-7,9H,3-5,8H2,1-2H3. The van der Waals surface area contributed by atoms with Crippen molar-refractivity contribution in [1.29, 1.82) is 0 Å². The van der Waals surface area contributed by atoms with Gasteiger partial charge in [0.2, 0.25) is 0 Å². The van der Waals surface area contributed by atoms with Crippen molar-refractivity contribution in [2.24, 2.45) is 0 Å². The molecular formula is C14H17ClO3. The zero-order chi connectivity index (χ0) is 13.5. The lowest BCUT2D eigenvalue weighted by Gasteiger charge is -2.06. The van der Waals surface area contributed by atoms with Gasteiger partial charge in [0.15, 0.2) is 5.78 Å². The molecule has 0 unspecified atom stereocenters. The van der Waals surface area contributed by atoms with Gasteiger partial charge in [-0.15, -0.1) is 11.6 Å². The van der Waals surface area contributed by atoms with E-state index in [2.05, 4.69) is 4.74 Å². The van der Waals surface area contributed by atoms with Crippen molar-refractivity contribution in [3.8, 4) is 0 Å². The van der Waals surface area contributed by atoms with Gasteiger partial charge in [0.05, 0.1) is 12.7 Å². The number of carbonyl (C=O) groups excluding carboxylic acids is 2. The Kier molecular flexibility index (Phi) is 5.86. The summed E-state index contributed by atoms with van der Waals surface area (Å²) in [4.78, 5) is 23.3. The number of ether oxygens (including phenoxy) is 1. The number of Topliss-reactive ketones (excluding diaryl/α,β-unsaturated/α-hetero) is 1. The molecule has 3 nitrogen and oxygen atoms in total. The van der Waals surface area contributed by atoms with Crippen LogP contribution in [0.25, 0.3) is 0 Å². The highest BCUT2D eigenvalue weighted by molar-refractivity contribution is 6.17. The molecule has 0 fully saturated rings. The van der Waals surface area contributed by atoms with Crippen molar-refractivity contribution in [3.05, 3.63) is 34.9 Å². The summed E-state index contributed by atoms with van der Waals surface area (Å²) in [5.41, 5.74) is 1.93. The monoisotopic (exact) mass is 268 g/mol. The molecule has 98 valence electrons. The van der Waals surface area contributed by atoms with Gasteiger partial charge < -0.3 is 4.74 Å². The van der Waals surface area contributed by atoms with Crippen LogP contribution in [0.15, 0.2) is 18.2 Å². The molecule has 0 aliphatic heterocycles. The number of esters is 1. The molecule has 0 aliphatic rings. The number of methoxy groups -OCH3 is 1. The lowest BCUT2D eigenvalue weighted by atomic mass is 9.99. The van der Waals surface area contributed by atoms with E-state index in [0.29, 0.717) is 23.4 Å². The van der Waals surface area contributed by atoms with E-state index in [4.69, 9.17) is 11.6 Å². The maximum absolute atomic E-state index is 11.9. The van der Waals surface area contributed by atoms with Crippen LogP contribution in [0.4, 0.5) is 0 Å². The second-order valence-electron chi connectivity index (χ2n) is 4.09. The predicted octanol–water partition coefficient (Wildman–Crippen LogP) is 3.37. The zero-order valence-electron chi connectivity index (χ0n) is 10.7. The Labute approximate surface area is 112 Å². The van der Waals surface area contributed by atoms with Gasteiger partial charge in [-0.25, -0.2) is 4.79 Å². The molecule has 0 bridgehead atoms. The Morgan fingerprint density at radius 3 is 2.56 bits per heavy atom. The molecule has 0 saturated carbocycles. The summed E-state index contributed by atoms with van der Waals surface area (Å²) in [5, 5.41) is 0. The van der Waals surface area contributed by atoms with Gasteiger partial charge in [-0.1, -0.05) is 6.07 Å². The van der Waals surface area contributed by atoms with E-state index in [1.54, 1.807) is 18.2 Å². The normalized spacial score (nSPS) is 10.2. The van der Waals surface area contributed by atoms with Crippen LogP contribution in [-0.2, 0) is 4.74 Å². The van der Waals surface area contributed by atoms with Gasteiger partial charge in [-0.3, -0.25) is 4.79 Å². The number of hydrogen-bond acceptors (Lipinski definition) is 3. The summed E-state index contributed by atoms with van der Waals surface area (Å²) in [6.07, 6.45) is 2.12. The van der Waals surface area contributed by atoms with Crippen molar-refractivity contribution < 1.29 is 14.3 Å². The first kappa shape index (κ1) is 14.7. The van der Waals surface area contributed by atoms with Crippen molar-refractivity contribution >= 4 is 23.4 Å². The van der Waals surface area contributed by atoms with E-state index >= 15 is 0 Å². The predicted molar refractivity (Wildman–Crippen MR) is 71.4 cm³/mol. The van der Waals surface area contributed by atoms with E-state index in [9.17, 15) is 9.59 Å². The van der Waals surface area contributed by atoms with Crippen LogP contribution in [0, 0.1) is 6.92 Å². The highest BCUT2D eigenvalue weighted by Crippen LogP contribution is 2.15. The largest absolute Gasteiger partial charge is 0.465 e. The maximum Gasteiger partial charge on any atom is 0.337 e. The molecule has 4 heteroatoms. The molecule has 0 heterocycles. The summed E-state index contributed by atoms with van der Waals surface area (Å²) >= 11 is 5.57. The molecule has 18 heavy (non-hydrogen) atoms. The fourth-order valence-corrected chi connectivity index (χ4v) is 1.93. The first-order valence-electron chi connectivity index (χ1n) is 5.88. The number of rotatable bonds is 6. The number of alkyl halides is 1. The van der Waals surface area contributed by atoms with Gasteiger partial charge in [-0.05, 0) is 37.5 Å². The number of ketones is 1. The minimum Gasteiger partial charge on any atom is -0.465 e. The van der Waals surface area contributed by atoms with Gasteiger partial charge in [0, 0.05) is 17.9 Å². The van der Waals surface area contributed by atoms with Crippen LogP contribution in [0.2, 0.25) is 0 Å². The van der Waals surface area contributed by atoms with Crippen LogP contribution in [0.1, 0.15) is 45.5 Å². The van der Waals surface area contributed by atoms with Crippen LogP contribution in [0.5, 0.6) is 0 Å². The van der Waals surface area contributed by atoms with Crippen molar-refractivity contribution in [2.75, 3.05) is 13.0 Å². The Morgan fingerprint density at radius 2 is 2.00 bits per heavy atom. The summed E-state index contributed by atoms with van der Waals surface area (Å²) < 4.78 is 4.63. The Morgan fingerprint density at radius 1 is 1.28 bits per heavy atom. The molecule has 0 saturated heterocycles. The molecule has 1 aromatic carbocycles. The van der Waals surface area contributed by atoms with Crippen LogP contribution in [-0.4, -0.2) is 24.7 Å². The van der Waals surface area contributed by atoms with Gasteiger partial charge in [-0.2, -0.15) is 0 Å². The number of benzene rings is 1. The Hall–Kier alpha value is -1.35. The number of carbonyl (C=O) groups is 2. The van der Waals surface area contributed by atoms with E-state index in [1.807, 2.05) is 6.92 Å². The highest BCUT2D eigenvalue weighted by Gasteiger charge is 2.12. The number of hydrogen-bond donors (Lipinski definition) is 0. The lowest BCUT2D eigenvalue weighted by molar-refractivity contribution is 0.0600. The summed E-state index contributed by atoms with van der Waals surface area (Å²) in [7, 11) is 1.34. The van der Waals surface area contributed by atoms with Gasteiger partial charge in [0.25, 0.3) is 0 Å². The molecular weight excluding hydrogens is 252 g/mol. The average molecular weight is 269 g/mol. The fourth-order valence-electron chi connectivity index (χ4n) is 1.74. The molecule has 0 atom stereocenters. The SMILES string of the molecule is COC(=O)c1ccc(C(=O)CCCCCl)c(C)c1. The van der Waals surface area contributed by atoms with Crippen molar-refractivity contribution in [1.82, 2.24) is 0 Å². The molecule has 0 aromatic heterocycles.